The molecule has 2 aliphatic rings. The van der Waals surface area contributed by atoms with Crippen LogP contribution in [0.5, 0.6) is 0 Å². The van der Waals surface area contributed by atoms with Crippen LogP contribution in [0.4, 0.5) is 0 Å². The lowest BCUT2D eigenvalue weighted by atomic mass is 9.94. The Bertz CT molecular complexity index is 235. The highest BCUT2D eigenvalue weighted by Crippen LogP contribution is 2.24. The van der Waals surface area contributed by atoms with Crippen molar-refractivity contribution in [1.82, 2.24) is 10.2 Å². The molecule has 2 rings (SSSR count). The van der Waals surface area contributed by atoms with Crippen LogP contribution in [0, 0.1) is 5.92 Å². The van der Waals surface area contributed by atoms with Crippen molar-refractivity contribution < 1.29 is 4.74 Å². The van der Waals surface area contributed by atoms with Gasteiger partial charge in [-0.15, -0.1) is 0 Å². The van der Waals surface area contributed by atoms with Crippen LogP contribution in [0.2, 0.25) is 0 Å². The summed E-state index contributed by atoms with van der Waals surface area (Å²) in [5, 5.41) is 3.72. The molecule has 3 heteroatoms. The second-order valence-electron chi connectivity index (χ2n) is 5.88. The van der Waals surface area contributed by atoms with E-state index in [0.717, 1.165) is 25.8 Å². The van der Waals surface area contributed by atoms with E-state index in [1.807, 2.05) is 0 Å². The first-order valence-corrected chi connectivity index (χ1v) is 7.90. The number of rotatable bonds is 6. The molecule has 0 saturated carbocycles. The number of nitrogens with one attached hydrogen (secondary N) is 1. The van der Waals surface area contributed by atoms with Gasteiger partial charge in [-0.05, 0) is 45.2 Å². The molecule has 3 nitrogen and oxygen atoms in total. The highest BCUT2D eigenvalue weighted by atomic mass is 16.5. The standard InChI is InChI=1S/C15H30N2O/c1-3-8-16-15-7-10-18-12-13(15)11-17-9-5-6-14(17)4-2/h13-16H,3-12H2,1-2H3. The second-order valence-corrected chi connectivity index (χ2v) is 5.88. The summed E-state index contributed by atoms with van der Waals surface area (Å²) in [7, 11) is 0. The summed E-state index contributed by atoms with van der Waals surface area (Å²) in [6, 6.07) is 1.51. The van der Waals surface area contributed by atoms with Crippen LogP contribution in [0.1, 0.15) is 46.0 Å². The highest BCUT2D eigenvalue weighted by molar-refractivity contribution is 4.86. The molecule has 0 amide bonds. The average molecular weight is 254 g/mol. The topological polar surface area (TPSA) is 24.5 Å². The maximum Gasteiger partial charge on any atom is 0.0521 e. The van der Waals surface area contributed by atoms with Gasteiger partial charge in [-0.1, -0.05) is 13.8 Å². The molecule has 0 aromatic rings. The van der Waals surface area contributed by atoms with E-state index in [2.05, 4.69) is 24.1 Å². The summed E-state index contributed by atoms with van der Waals surface area (Å²) in [6.45, 7) is 10.2. The maximum absolute atomic E-state index is 5.70. The molecule has 18 heavy (non-hydrogen) atoms. The molecule has 2 aliphatic heterocycles. The first-order valence-electron chi connectivity index (χ1n) is 7.90. The number of hydrogen-bond donors (Lipinski definition) is 1. The Morgan fingerprint density at radius 3 is 2.94 bits per heavy atom. The molecule has 0 aliphatic carbocycles. The predicted octanol–water partition coefficient (Wildman–Crippen LogP) is 2.27. The van der Waals surface area contributed by atoms with Crippen molar-refractivity contribution >= 4 is 0 Å². The van der Waals surface area contributed by atoms with Crippen molar-refractivity contribution in [2.24, 2.45) is 5.92 Å². The summed E-state index contributed by atoms with van der Waals surface area (Å²) in [6.07, 6.45) is 6.51. The van der Waals surface area contributed by atoms with E-state index in [4.69, 9.17) is 4.74 Å². The Hall–Kier alpha value is -0.120. The zero-order valence-electron chi connectivity index (χ0n) is 12.2. The normalized spacial score (nSPS) is 34.0. The van der Waals surface area contributed by atoms with E-state index >= 15 is 0 Å². The smallest absolute Gasteiger partial charge is 0.0521 e. The molecule has 2 heterocycles. The quantitative estimate of drug-likeness (QED) is 0.787. The molecule has 3 atom stereocenters. The molecule has 3 unspecified atom stereocenters. The fraction of sp³-hybridized carbons (Fsp3) is 1.00. The van der Waals surface area contributed by atoms with Crippen LogP contribution < -0.4 is 5.32 Å². The van der Waals surface area contributed by atoms with Crippen LogP contribution in [-0.2, 0) is 4.74 Å². The van der Waals surface area contributed by atoms with Gasteiger partial charge in [0.1, 0.15) is 0 Å². The molecular weight excluding hydrogens is 224 g/mol. The Kier molecular flexibility index (Phi) is 5.93. The highest BCUT2D eigenvalue weighted by Gasteiger charge is 2.31. The summed E-state index contributed by atoms with van der Waals surface area (Å²) in [4.78, 5) is 2.71. The van der Waals surface area contributed by atoms with E-state index in [-0.39, 0.29) is 0 Å². The predicted molar refractivity (Wildman–Crippen MR) is 75.9 cm³/mol. The molecule has 0 radical (unpaired) electrons. The average Bonchev–Trinajstić information content (AvgIpc) is 2.85. The van der Waals surface area contributed by atoms with Crippen molar-refractivity contribution in [3.8, 4) is 0 Å². The van der Waals surface area contributed by atoms with Crippen LogP contribution in [0.25, 0.3) is 0 Å². The van der Waals surface area contributed by atoms with Crippen molar-refractivity contribution in [3.63, 3.8) is 0 Å². The minimum absolute atomic E-state index is 0.678. The number of ether oxygens (including phenoxy) is 1. The summed E-state index contributed by atoms with van der Waals surface area (Å²) < 4.78 is 5.70. The minimum atomic E-state index is 0.678. The lowest BCUT2D eigenvalue weighted by Crippen LogP contribution is -2.48. The van der Waals surface area contributed by atoms with Gasteiger partial charge in [-0.2, -0.15) is 0 Å². The Morgan fingerprint density at radius 2 is 2.17 bits per heavy atom. The SMILES string of the molecule is CCCNC1CCOCC1CN1CCCC1CC. The van der Waals surface area contributed by atoms with Gasteiger partial charge in [0.15, 0.2) is 0 Å². The van der Waals surface area contributed by atoms with Crippen LogP contribution in [0.15, 0.2) is 0 Å². The second kappa shape index (κ2) is 7.46. The first kappa shape index (κ1) is 14.3. The summed E-state index contributed by atoms with van der Waals surface area (Å²) in [5.74, 6) is 0.692. The van der Waals surface area contributed by atoms with Gasteiger partial charge in [0.2, 0.25) is 0 Å². The van der Waals surface area contributed by atoms with Crippen molar-refractivity contribution in [2.75, 3.05) is 32.8 Å². The van der Waals surface area contributed by atoms with E-state index in [0.29, 0.717) is 12.0 Å². The van der Waals surface area contributed by atoms with Crippen molar-refractivity contribution in [1.29, 1.82) is 0 Å². The van der Waals surface area contributed by atoms with Gasteiger partial charge < -0.3 is 10.1 Å². The van der Waals surface area contributed by atoms with E-state index in [1.54, 1.807) is 0 Å². The molecule has 1 N–H and O–H groups in total. The third kappa shape index (κ3) is 3.69. The zero-order valence-corrected chi connectivity index (χ0v) is 12.2. The molecule has 0 spiro atoms. The third-order valence-electron chi connectivity index (χ3n) is 4.57. The van der Waals surface area contributed by atoms with Gasteiger partial charge >= 0.3 is 0 Å². The largest absolute Gasteiger partial charge is 0.381 e. The van der Waals surface area contributed by atoms with Crippen LogP contribution in [0.3, 0.4) is 0 Å². The summed E-state index contributed by atoms with van der Waals surface area (Å²) >= 11 is 0. The molecule has 2 saturated heterocycles. The van der Waals surface area contributed by atoms with Crippen molar-refractivity contribution in [2.45, 2.75) is 58.0 Å². The van der Waals surface area contributed by atoms with Crippen LogP contribution in [-0.4, -0.2) is 49.8 Å². The van der Waals surface area contributed by atoms with Crippen LogP contribution >= 0.6 is 0 Å². The zero-order chi connectivity index (χ0) is 12.8. The first-order chi connectivity index (χ1) is 8.85. The lowest BCUT2D eigenvalue weighted by Gasteiger charge is -2.36. The Balaban J connectivity index is 1.84. The lowest BCUT2D eigenvalue weighted by molar-refractivity contribution is 0.0147. The van der Waals surface area contributed by atoms with Gasteiger partial charge in [0, 0.05) is 31.2 Å². The Morgan fingerprint density at radius 1 is 1.28 bits per heavy atom. The number of hydrogen-bond acceptors (Lipinski definition) is 3. The molecule has 0 bridgehead atoms. The minimum Gasteiger partial charge on any atom is -0.381 e. The van der Waals surface area contributed by atoms with Gasteiger partial charge in [-0.3, -0.25) is 4.90 Å². The fourth-order valence-corrected chi connectivity index (χ4v) is 3.47. The molecule has 2 fully saturated rings. The van der Waals surface area contributed by atoms with Gasteiger partial charge in [0.05, 0.1) is 6.61 Å². The summed E-state index contributed by atoms with van der Waals surface area (Å²) in [5.41, 5.74) is 0. The molecular formula is C15H30N2O. The van der Waals surface area contributed by atoms with Gasteiger partial charge in [0.25, 0.3) is 0 Å². The fourth-order valence-electron chi connectivity index (χ4n) is 3.47. The van der Waals surface area contributed by atoms with Gasteiger partial charge in [-0.25, -0.2) is 0 Å². The van der Waals surface area contributed by atoms with E-state index < -0.39 is 0 Å². The molecule has 0 aromatic carbocycles. The number of likely N-dealkylation sites (tertiary alicyclic amines) is 1. The van der Waals surface area contributed by atoms with E-state index in [9.17, 15) is 0 Å². The third-order valence-corrected chi connectivity index (χ3v) is 4.57. The monoisotopic (exact) mass is 254 g/mol. The van der Waals surface area contributed by atoms with Crippen molar-refractivity contribution in [3.05, 3.63) is 0 Å². The van der Waals surface area contributed by atoms with E-state index in [1.165, 1.54) is 45.2 Å². The molecule has 106 valence electrons. The maximum atomic E-state index is 5.70. The molecule has 0 aromatic heterocycles. The number of nitrogens with zero attached hydrogens (tertiary/aromatic N) is 1. The Labute approximate surface area is 112 Å².